The van der Waals surface area contributed by atoms with Crippen LogP contribution in [0.3, 0.4) is 0 Å². The number of benzene rings is 1. The fraction of sp³-hybridized carbons (Fsp3) is 0.600. The first kappa shape index (κ1) is 13.1. The second-order valence-electron chi connectivity index (χ2n) is 5.45. The Bertz CT molecular complexity index is 368. The SMILES string of the molecule is Cc1cc(C)cc(CN2CCC(C)C2CBr)c1. The van der Waals surface area contributed by atoms with Crippen molar-refractivity contribution in [3.8, 4) is 0 Å². The molecule has 2 heteroatoms. The van der Waals surface area contributed by atoms with Gasteiger partial charge >= 0.3 is 0 Å². The van der Waals surface area contributed by atoms with Gasteiger partial charge in [0.2, 0.25) is 0 Å². The zero-order valence-corrected chi connectivity index (χ0v) is 12.6. The van der Waals surface area contributed by atoms with Gasteiger partial charge in [-0.15, -0.1) is 0 Å². The minimum atomic E-state index is 0.704. The largest absolute Gasteiger partial charge is 0.295 e. The molecule has 0 N–H and O–H groups in total. The van der Waals surface area contributed by atoms with Crippen LogP contribution in [0.5, 0.6) is 0 Å². The molecule has 0 aromatic heterocycles. The maximum Gasteiger partial charge on any atom is 0.0237 e. The summed E-state index contributed by atoms with van der Waals surface area (Å²) in [6.45, 7) is 9.08. The highest BCUT2D eigenvalue weighted by Crippen LogP contribution is 2.27. The lowest BCUT2D eigenvalue weighted by Gasteiger charge is -2.25. The molecule has 2 rings (SSSR count). The summed E-state index contributed by atoms with van der Waals surface area (Å²) in [4.78, 5) is 2.62. The number of hydrogen-bond donors (Lipinski definition) is 0. The number of rotatable bonds is 3. The van der Waals surface area contributed by atoms with Crippen molar-refractivity contribution in [2.24, 2.45) is 5.92 Å². The van der Waals surface area contributed by atoms with Crippen LogP contribution >= 0.6 is 15.9 Å². The van der Waals surface area contributed by atoms with Gasteiger partial charge in [0.15, 0.2) is 0 Å². The van der Waals surface area contributed by atoms with E-state index in [1.54, 1.807) is 0 Å². The summed E-state index contributed by atoms with van der Waals surface area (Å²) in [5, 5.41) is 1.10. The van der Waals surface area contributed by atoms with Crippen molar-refractivity contribution in [2.45, 2.75) is 39.8 Å². The molecule has 0 amide bonds. The third-order valence-electron chi connectivity index (χ3n) is 3.82. The molecule has 17 heavy (non-hydrogen) atoms. The Morgan fingerprint density at radius 3 is 2.47 bits per heavy atom. The Morgan fingerprint density at radius 2 is 1.88 bits per heavy atom. The van der Waals surface area contributed by atoms with E-state index in [-0.39, 0.29) is 0 Å². The number of likely N-dealkylation sites (tertiary alicyclic amines) is 1. The summed E-state index contributed by atoms with van der Waals surface area (Å²) in [5.74, 6) is 0.820. The first-order valence-electron chi connectivity index (χ1n) is 6.47. The second kappa shape index (κ2) is 5.53. The molecule has 0 saturated carbocycles. The summed E-state index contributed by atoms with van der Waals surface area (Å²) >= 11 is 3.66. The van der Waals surface area contributed by atoms with Crippen LogP contribution in [-0.2, 0) is 6.54 Å². The maximum absolute atomic E-state index is 3.66. The normalized spacial score (nSPS) is 25.4. The van der Waals surface area contributed by atoms with Gasteiger partial charge in [-0.05, 0) is 38.3 Å². The van der Waals surface area contributed by atoms with Gasteiger partial charge in [-0.25, -0.2) is 0 Å². The van der Waals surface area contributed by atoms with Crippen LogP contribution in [0.4, 0.5) is 0 Å². The van der Waals surface area contributed by atoms with E-state index in [2.05, 4.69) is 59.8 Å². The standard InChI is InChI=1S/C15H22BrN/c1-11-6-12(2)8-14(7-11)10-17-5-4-13(3)15(17)9-16/h6-8,13,15H,4-5,9-10H2,1-3H3. The van der Waals surface area contributed by atoms with Crippen LogP contribution < -0.4 is 0 Å². The Balaban J connectivity index is 2.10. The Labute approximate surface area is 113 Å². The minimum absolute atomic E-state index is 0.704. The van der Waals surface area contributed by atoms with Gasteiger partial charge in [0.05, 0.1) is 0 Å². The molecule has 1 saturated heterocycles. The Kier molecular flexibility index (Phi) is 4.26. The van der Waals surface area contributed by atoms with Crippen LogP contribution in [0.1, 0.15) is 30.0 Å². The summed E-state index contributed by atoms with van der Waals surface area (Å²) in [5.41, 5.74) is 4.22. The van der Waals surface area contributed by atoms with Crippen molar-refractivity contribution >= 4 is 15.9 Å². The topological polar surface area (TPSA) is 3.24 Å². The van der Waals surface area contributed by atoms with Gasteiger partial charge in [-0.1, -0.05) is 52.2 Å². The molecule has 1 aliphatic rings. The molecule has 1 aromatic carbocycles. The van der Waals surface area contributed by atoms with Gasteiger partial charge in [-0.3, -0.25) is 4.90 Å². The molecule has 0 bridgehead atoms. The lowest BCUT2D eigenvalue weighted by molar-refractivity contribution is 0.244. The van der Waals surface area contributed by atoms with E-state index in [4.69, 9.17) is 0 Å². The molecule has 1 nitrogen and oxygen atoms in total. The Morgan fingerprint density at radius 1 is 1.24 bits per heavy atom. The lowest BCUT2D eigenvalue weighted by Crippen LogP contribution is -2.32. The summed E-state index contributed by atoms with van der Waals surface area (Å²) in [7, 11) is 0. The first-order valence-corrected chi connectivity index (χ1v) is 7.59. The molecule has 2 atom stereocenters. The molecule has 1 aromatic rings. The van der Waals surface area contributed by atoms with Gasteiger partial charge in [0.25, 0.3) is 0 Å². The van der Waals surface area contributed by atoms with E-state index >= 15 is 0 Å². The predicted octanol–water partition coefficient (Wildman–Crippen LogP) is 3.91. The molecule has 1 aliphatic heterocycles. The molecule has 0 aliphatic carbocycles. The fourth-order valence-electron chi connectivity index (χ4n) is 2.93. The predicted molar refractivity (Wildman–Crippen MR) is 77.7 cm³/mol. The minimum Gasteiger partial charge on any atom is -0.295 e. The van der Waals surface area contributed by atoms with E-state index in [1.807, 2.05) is 0 Å². The van der Waals surface area contributed by atoms with E-state index < -0.39 is 0 Å². The monoisotopic (exact) mass is 295 g/mol. The molecule has 1 fully saturated rings. The van der Waals surface area contributed by atoms with E-state index in [0.29, 0.717) is 6.04 Å². The average Bonchev–Trinajstić information content (AvgIpc) is 2.57. The van der Waals surface area contributed by atoms with Gasteiger partial charge in [-0.2, -0.15) is 0 Å². The zero-order valence-electron chi connectivity index (χ0n) is 11.0. The number of hydrogen-bond acceptors (Lipinski definition) is 1. The second-order valence-corrected chi connectivity index (χ2v) is 6.10. The Hall–Kier alpha value is -0.340. The summed E-state index contributed by atoms with van der Waals surface area (Å²) < 4.78 is 0. The van der Waals surface area contributed by atoms with Crippen LogP contribution in [0.15, 0.2) is 18.2 Å². The molecule has 0 radical (unpaired) electrons. The summed E-state index contributed by atoms with van der Waals surface area (Å²) in [6.07, 6.45) is 1.33. The van der Waals surface area contributed by atoms with Crippen LogP contribution in [-0.4, -0.2) is 22.8 Å². The lowest BCUT2D eigenvalue weighted by atomic mass is 10.0. The smallest absolute Gasteiger partial charge is 0.0237 e. The van der Waals surface area contributed by atoms with E-state index in [9.17, 15) is 0 Å². The van der Waals surface area contributed by atoms with Crippen LogP contribution in [0.25, 0.3) is 0 Å². The molecule has 1 heterocycles. The van der Waals surface area contributed by atoms with Crippen molar-refractivity contribution in [3.05, 3.63) is 34.9 Å². The highest BCUT2D eigenvalue weighted by atomic mass is 79.9. The maximum atomic E-state index is 3.66. The van der Waals surface area contributed by atoms with Crippen molar-refractivity contribution < 1.29 is 0 Å². The van der Waals surface area contributed by atoms with Gasteiger partial charge in [0, 0.05) is 17.9 Å². The highest BCUT2D eigenvalue weighted by molar-refractivity contribution is 9.09. The van der Waals surface area contributed by atoms with Gasteiger partial charge in [0.1, 0.15) is 0 Å². The highest BCUT2D eigenvalue weighted by Gasteiger charge is 2.29. The number of nitrogens with zero attached hydrogens (tertiary/aromatic N) is 1. The van der Waals surface area contributed by atoms with Gasteiger partial charge < -0.3 is 0 Å². The van der Waals surface area contributed by atoms with Crippen molar-refractivity contribution in [1.82, 2.24) is 4.90 Å². The number of halogens is 1. The van der Waals surface area contributed by atoms with Crippen molar-refractivity contribution in [3.63, 3.8) is 0 Å². The number of alkyl halides is 1. The molecule has 2 unspecified atom stereocenters. The quantitative estimate of drug-likeness (QED) is 0.764. The van der Waals surface area contributed by atoms with E-state index in [0.717, 1.165) is 17.8 Å². The first-order chi connectivity index (χ1) is 8.10. The summed E-state index contributed by atoms with van der Waals surface area (Å²) in [6, 6.07) is 7.59. The van der Waals surface area contributed by atoms with Crippen molar-refractivity contribution in [1.29, 1.82) is 0 Å². The molecule has 0 spiro atoms. The molecular formula is C15H22BrN. The van der Waals surface area contributed by atoms with Crippen LogP contribution in [0, 0.1) is 19.8 Å². The fourth-order valence-corrected chi connectivity index (χ4v) is 3.98. The third kappa shape index (κ3) is 3.11. The van der Waals surface area contributed by atoms with Crippen molar-refractivity contribution in [2.75, 3.05) is 11.9 Å². The zero-order chi connectivity index (χ0) is 12.4. The van der Waals surface area contributed by atoms with Crippen LogP contribution in [0.2, 0.25) is 0 Å². The van der Waals surface area contributed by atoms with E-state index in [1.165, 1.54) is 29.7 Å². The molecular weight excluding hydrogens is 274 g/mol. The third-order valence-corrected chi connectivity index (χ3v) is 4.49. The molecule has 94 valence electrons. The average molecular weight is 296 g/mol. The number of aryl methyl sites for hydroxylation is 2.